The van der Waals surface area contributed by atoms with Crippen LogP contribution in [0.15, 0.2) is 210 Å². The van der Waals surface area contributed by atoms with Crippen molar-refractivity contribution in [3.8, 4) is 22.3 Å². The van der Waals surface area contributed by atoms with Gasteiger partial charge in [-0.05, 0) is 96.8 Å². The molecule has 0 saturated carbocycles. The summed E-state index contributed by atoms with van der Waals surface area (Å²) in [5.41, 5.74) is 10.7. The summed E-state index contributed by atoms with van der Waals surface area (Å²) in [7, 11) is -2.01. The summed E-state index contributed by atoms with van der Waals surface area (Å²) in [4.78, 5) is 5.04. The van der Waals surface area contributed by atoms with Crippen LogP contribution in [0.4, 0.5) is 0 Å². The van der Waals surface area contributed by atoms with E-state index >= 15 is 0 Å². The molecule has 10 aromatic rings. The van der Waals surface area contributed by atoms with Crippen LogP contribution in [0.25, 0.3) is 66.1 Å². The lowest BCUT2D eigenvalue weighted by Crippen LogP contribution is -2.05. The zero-order valence-electron chi connectivity index (χ0n) is 29.5. The van der Waals surface area contributed by atoms with Crippen molar-refractivity contribution in [2.45, 2.75) is 33.4 Å². The maximum absolute atomic E-state index is 6.73. The van der Waals surface area contributed by atoms with Crippen molar-refractivity contribution in [2.75, 3.05) is 0 Å². The number of furan rings is 2. The molecular weight excluding hydrogens is 665 g/mol. The van der Waals surface area contributed by atoms with Gasteiger partial charge in [-0.1, -0.05) is 121 Å². The summed E-state index contributed by atoms with van der Waals surface area (Å²) in [6.45, 7) is 4.33. The Labute approximate surface area is 310 Å². The summed E-state index contributed by atoms with van der Waals surface area (Å²) in [5, 5.41) is 4.48. The monoisotopic (exact) mass is 700 g/mol. The molecule has 2 nitrogen and oxygen atoms in total. The third-order valence-electron chi connectivity index (χ3n) is 10.7. The van der Waals surface area contributed by atoms with Crippen molar-refractivity contribution >= 4 is 53.9 Å². The van der Waals surface area contributed by atoms with Crippen LogP contribution in [0.2, 0.25) is 0 Å². The van der Waals surface area contributed by atoms with E-state index in [4.69, 9.17) is 8.83 Å². The highest BCUT2D eigenvalue weighted by Crippen LogP contribution is 2.74. The van der Waals surface area contributed by atoms with Crippen LogP contribution in [0.1, 0.15) is 11.1 Å². The number of fused-ring (bicyclic) bond motifs is 6. The number of para-hydroxylation sites is 2. The van der Waals surface area contributed by atoms with Gasteiger partial charge in [0.2, 0.25) is 0 Å². The van der Waals surface area contributed by atoms with Crippen molar-refractivity contribution in [3.05, 3.63) is 193 Å². The smallest absolute Gasteiger partial charge is 0.143 e. The van der Waals surface area contributed by atoms with Crippen LogP contribution in [0.5, 0.6) is 0 Å². The molecule has 0 aliphatic heterocycles. The topological polar surface area (TPSA) is 26.3 Å². The van der Waals surface area contributed by atoms with Crippen LogP contribution in [0, 0.1) is 13.8 Å². The lowest BCUT2D eigenvalue weighted by Gasteiger charge is -2.42. The van der Waals surface area contributed by atoms with Gasteiger partial charge in [0, 0.05) is 52.3 Å². The number of rotatable bonds is 6. The fourth-order valence-electron chi connectivity index (χ4n) is 8.18. The molecule has 53 heavy (non-hydrogen) atoms. The van der Waals surface area contributed by atoms with Crippen LogP contribution >= 0.6 is 10.0 Å². The molecule has 0 aliphatic carbocycles. The Morgan fingerprint density at radius 2 is 0.717 bits per heavy atom. The fraction of sp³-hybridized carbons (Fsp3) is 0.0400. The second-order valence-electron chi connectivity index (χ2n) is 13.8. The van der Waals surface area contributed by atoms with E-state index < -0.39 is 10.0 Å². The normalized spacial score (nSPS) is 12.3. The minimum atomic E-state index is -2.01. The molecule has 3 heteroatoms. The van der Waals surface area contributed by atoms with Gasteiger partial charge in [0.25, 0.3) is 0 Å². The SMILES string of the molecule is Cc1ccccc1-c1cccc2c1oc1ccc(S(c3ccccc3)(c3ccccc3)c3ccc4oc5c(-c6ccccc6C)cccc5c4c3)cc12. The van der Waals surface area contributed by atoms with E-state index in [1.165, 1.54) is 41.8 Å². The maximum Gasteiger partial charge on any atom is 0.143 e. The van der Waals surface area contributed by atoms with E-state index in [2.05, 4.69) is 196 Å². The standard InChI is InChI=1S/C50H36O2S/c1-33-15-9-11-21-39(33)41-23-13-25-43-45-31-37(27-29-47(45)51-49(41)43)53(35-17-5-3-6-18-35,36-19-7-4-8-20-36)38-28-30-48-46(32-38)44-26-14-24-42(50(44)52-48)40-22-12-10-16-34(40)2/h3-32H,1-2H3. The minimum absolute atomic E-state index is 0.888. The molecule has 0 spiro atoms. The second-order valence-corrected chi connectivity index (χ2v) is 16.9. The van der Waals surface area contributed by atoms with Gasteiger partial charge in [-0.2, -0.15) is 0 Å². The first-order valence-electron chi connectivity index (χ1n) is 18.1. The minimum Gasteiger partial charge on any atom is -0.455 e. The predicted molar refractivity (Wildman–Crippen MR) is 221 cm³/mol. The Morgan fingerprint density at radius 1 is 0.321 bits per heavy atom. The maximum atomic E-state index is 6.73. The van der Waals surface area contributed by atoms with E-state index in [1.807, 2.05) is 0 Å². The highest BCUT2D eigenvalue weighted by molar-refractivity contribution is 8.34. The number of benzene rings is 8. The molecule has 0 fully saturated rings. The van der Waals surface area contributed by atoms with Gasteiger partial charge in [-0.25, -0.2) is 0 Å². The molecule has 0 bridgehead atoms. The molecule has 0 atom stereocenters. The Bertz CT molecular complexity index is 2770. The third kappa shape index (κ3) is 4.88. The Hall–Kier alpha value is -6.29. The lowest BCUT2D eigenvalue weighted by molar-refractivity contribution is 0.669. The molecule has 0 saturated heterocycles. The molecule has 254 valence electrons. The van der Waals surface area contributed by atoms with E-state index in [0.29, 0.717) is 0 Å². The van der Waals surface area contributed by atoms with Crippen LogP contribution in [0.3, 0.4) is 0 Å². The molecule has 0 aliphatic rings. The molecule has 0 amide bonds. The summed E-state index contributed by atoms with van der Waals surface area (Å²) < 4.78 is 13.5. The average Bonchev–Trinajstić information content (AvgIpc) is 3.78. The van der Waals surface area contributed by atoms with Crippen LogP contribution in [-0.2, 0) is 0 Å². The first-order valence-corrected chi connectivity index (χ1v) is 19.7. The van der Waals surface area contributed by atoms with Gasteiger partial charge >= 0.3 is 0 Å². The largest absolute Gasteiger partial charge is 0.455 e. The van der Waals surface area contributed by atoms with Crippen molar-refractivity contribution in [3.63, 3.8) is 0 Å². The quantitative estimate of drug-likeness (QED) is 0.173. The Balaban J connectivity index is 1.26. The molecule has 2 aromatic heterocycles. The average molecular weight is 701 g/mol. The van der Waals surface area contributed by atoms with E-state index in [-0.39, 0.29) is 0 Å². The first-order chi connectivity index (χ1) is 26.1. The molecule has 0 radical (unpaired) electrons. The summed E-state index contributed by atoms with van der Waals surface area (Å²) >= 11 is 0. The third-order valence-corrected chi connectivity index (χ3v) is 14.6. The van der Waals surface area contributed by atoms with Crippen molar-refractivity contribution in [1.29, 1.82) is 0 Å². The van der Waals surface area contributed by atoms with Gasteiger partial charge in [-0.15, -0.1) is 10.0 Å². The second kappa shape index (κ2) is 12.4. The van der Waals surface area contributed by atoms with E-state index in [1.54, 1.807) is 0 Å². The summed E-state index contributed by atoms with van der Waals surface area (Å²) in [5.74, 6) is 0. The fourth-order valence-corrected chi connectivity index (χ4v) is 12.1. The van der Waals surface area contributed by atoms with Gasteiger partial charge in [-0.3, -0.25) is 0 Å². The van der Waals surface area contributed by atoms with Crippen molar-refractivity contribution < 1.29 is 8.83 Å². The van der Waals surface area contributed by atoms with Gasteiger partial charge < -0.3 is 8.83 Å². The van der Waals surface area contributed by atoms with E-state index in [9.17, 15) is 0 Å². The zero-order chi connectivity index (χ0) is 35.5. The highest BCUT2D eigenvalue weighted by Gasteiger charge is 2.34. The summed E-state index contributed by atoms with van der Waals surface area (Å²) in [6.07, 6.45) is 0. The number of hydrogen-bond acceptors (Lipinski definition) is 2. The molecular formula is C50H36O2S. The van der Waals surface area contributed by atoms with Crippen LogP contribution < -0.4 is 0 Å². The van der Waals surface area contributed by atoms with Crippen molar-refractivity contribution in [2.24, 2.45) is 0 Å². The predicted octanol–water partition coefficient (Wildman–Crippen LogP) is 14.8. The highest BCUT2D eigenvalue weighted by atomic mass is 32.3. The van der Waals surface area contributed by atoms with Gasteiger partial charge in [0.15, 0.2) is 0 Å². The Kier molecular flexibility index (Phi) is 7.38. The molecule has 10 rings (SSSR count). The zero-order valence-corrected chi connectivity index (χ0v) is 30.4. The molecule has 2 heterocycles. The summed E-state index contributed by atoms with van der Waals surface area (Å²) in [6, 6.07) is 65.9. The number of hydrogen-bond donors (Lipinski definition) is 0. The number of aryl methyl sites for hydroxylation is 2. The van der Waals surface area contributed by atoms with Gasteiger partial charge in [0.05, 0.1) is 0 Å². The molecule has 0 N–H and O–H groups in total. The molecule has 8 aromatic carbocycles. The van der Waals surface area contributed by atoms with E-state index in [0.717, 1.165) is 55.0 Å². The lowest BCUT2D eigenvalue weighted by atomic mass is 9.98. The molecule has 0 unspecified atom stereocenters. The van der Waals surface area contributed by atoms with Gasteiger partial charge in [0.1, 0.15) is 22.3 Å². The van der Waals surface area contributed by atoms with Crippen molar-refractivity contribution in [1.82, 2.24) is 0 Å². The first kappa shape index (κ1) is 31.4. The Morgan fingerprint density at radius 3 is 1.15 bits per heavy atom. The van der Waals surface area contributed by atoms with Crippen LogP contribution in [-0.4, -0.2) is 0 Å².